The van der Waals surface area contributed by atoms with Gasteiger partial charge in [0.25, 0.3) is 0 Å². The third-order valence-electron chi connectivity index (χ3n) is 6.16. The van der Waals surface area contributed by atoms with Gasteiger partial charge in [-0.25, -0.2) is 4.98 Å². The Kier molecular flexibility index (Phi) is 3.95. The van der Waals surface area contributed by atoms with Crippen LogP contribution in [-0.4, -0.2) is 9.97 Å². The van der Waals surface area contributed by atoms with Crippen molar-refractivity contribution in [3.63, 3.8) is 0 Å². The van der Waals surface area contributed by atoms with Gasteiger partial charge in [0, 0.05) is 40.1 Å². The molecule has 2 aromatic carbocycles. The first-order chi connectivity index (χ1) is 17.3. The lowest BCUT2D eigenvalue weighted by molar-refractivity contribution is 0.546. The Hall–Kier alpha value is -3.46. The third-order valence-corrected chi connectivity index (χ3v) is 6.16. The molecule has 6 rings (SSSR count). The standard InChI is InChI=1S/C29H26N2O/c1-2-6-21(7-3-1)17-24-11-12-25-26-19-23(10-13-28(26)32-29(25)31-24)27-18-22(14-15-30-27)16-20-8-4-5-9-20/h1-3,6-7,10-15,18-20H,4-5,8-9,16-17H2/i16D2,17D2. The highest BCUT2D eigenvalue weighted by molar-refractivity contribution is 6.05. The van der Waals surface area contributed by atoms with Gasteiger partial charge in [0.05, 0.1) is 5.69 Å². The van der Waals surface area contributed by atoms with Crippen LogP contribution in [0.4, 0.5) is 0 Å². The molecule has 0 bridgehead atoms. The van der Waals surface area contributed by atoms with Gasteiger partial charge in [-0.05, 0) is 65.9 Å². The van der Waals surface area contributed by atoms with Crippen molar-refractivity contribution < 1.29 is 9.90 Å². The Morgan fingerprint density at radius 2 is 1.75 bits per heavy atom. The van der Waals surface area contributed by atoms with Gasteiger partial charge in [0.15, 0.2) is 0 Å². The molecule has 0 saturated heterocycles. The van der Waals surface area contributed by atoms with Crippen LogP contribution in [0.25, 0.3) is 33.3 Å². The fourth-order valence-corrected chi connectivity index (χ4v) is 4.54. The smallest absolute Gasteiger partial charge is 0.227 e. The SMILES string of the molecule is [2H]C([2H])(c1ccccc1)c1ccc2c(n1)oc1ccc(-c3cc(C([2H])([2H])C4CCCC4)ccn3)cc12. The second-order valence-electron chi connectivity index (χ2n) is 8.41. The summed E-state index contributed by atoms with van der Waals surface area (Å²) in [4.78, 5) is 9.09. The fourth-order valence-electron chi connectivity index (χ4n) is 4.54. The molecule has 0 spiro atoms. The Balaban J connectivity index is 1.39. The van der Waals surface area contributed by atoms with Gasteiger partial charge in [-0.2, -0.15) is 0 Å². The molecule has 3 nitrogen and oxygen atoms in total. The molecule has 3 aromatic heterocycles. The minimum Gasteiger partial charge on any atom is -0.438 e. The van der Waals surface area contributed by atoms with Crippen molar-refractivity contribution in [1.82, 2.24) is 9.97 Å². The van der Waals surface area contributed by atoms with Gasteiger partial charge in [0.1, 0.15) is 5.58 Å². The summed E-state index contributed by atoms with van der Waals surface area (Å²) < 4.78 is 40.8. The molecule has 5 aromatic rings. The Morgan fingerprint density at radius 1 is 0.875 bits per heavy atom. The van der Waals surface area contributed by atoms with E-state index in [2.05, 4.69) is 9.97 Å². The van der Waals surface area contributed by atoms with Crippen molar-refractivity contribution in [1.29, 1.82) is 0 Å². The van der Waals surface area contributed by atoms with Crippen LogP contribution < -0.4 is 0 Å². The van der Waals surface area contributed by atoms with Gasteiger partial charge in [0.2, 0.25) is 5.71 Å². The van der Waals surface area contributed by atoms with Gasteiger partial charge in [-0.3, -0.25) is 4.98 Å². The van der Waals surface area contributed by atoms with E-state index in [4.69, 9.17) is 9.90 Å². The molecule has 1 fully saturated rings. The maximum absolute atomic E-state index is 8.76. The molecule has 32 heavy (non-hydrogen) atoms. The number of furan rings is 1. The number of fused-ring (bicyclic) bond motifs is 3. The molecule has 3 heterocycles. The number of hydrogen-bond donors (Lipinski definition) is 0. The van der Waals surface area contributed by atoms with Gasteiger partial charge in [-0.15, -0.1) is 0 Å². The van der Waals surface area contributed by atoms with Crippen molar-refractivity contribution in [2.75, 3.05) is 0 Å². The van der Waals surface area contributed by atoms with Gasteiger partial charge < -0.3 is 4.42 Å². The number of benzene rings is 2. The molecular weight excluding hydrogens is 392 g/mol. The van der Waals surface area contributed by atoms with Crippen molar-refractivity contribution in [3.8, 4) is 11.3 Å². The van der Waals surface area contributed by atoms with Crippen LogP contribution in [0.1, 0.15) is 48.0 Å². The third kappa shape index (κ3) is 3.80. The predicted octanol–water partition coefficient (Wildman–Crippen LogP) is 7.37. The van der Waals surface area contributed by atoms with E-state index in [-0.39, 0.29) is 5.92 Å². The van der Waals surface area contributed by atoms with E-state index in [1.165, 1.54) is 0 Å². The van der Waals surface area contributed by atoms with Crippen molar-refractivity contribution >= 4 is 22.1 Å². The van der Waals surface area contributed by atoms with E-state index in [9.17, 15) is 0 Å². The van der Waals surface area contributed by atoms with Crippen LogP contribution in [-0.2, 0) is 12.7 Å². The summed E-state index contributed by atoms with van der Waals surface area (Å²) in [7, 11) is 0. The Labute approximate surface area is 193 Å². The lowest BCUT2D eigenvalue weighted by atomic mass is 9.97. The van der Waals surface area contributed by atoms with Crippen molar-refractivity contribution in [3.05, 3.63) is 95.8 Å². The monoisotopic (exact) mass is 422 g/mol. The zero-order valence-electron chi connectivity index (χ0n) is 21.7. The summed E-state index contributed by atoms with van der Waals surface area (Å²) in [6.07, 6.45) is 2.60. The summed E-state index contributed by atoms with van der Waals surface area (Å²) in [5.41, 5.74) is 4.15. The van der Waals surface area contributed by atoms with E-state index < -0.39 is 12.7 Å². The average molecular weight is 423 g/mol. The van der Waals surface area contributed by atoms with Gasteiger partial charge in [-0.1, -0.05) is 56.0 Å². The molecule has 3 heteroatoms. The largest absolute Gasteiger partial charge is 0.438 e. The Morgan fingerprint density at radius 3 is 2.62 bits per heavy atom. The Bertz CT molecular complexity index is 1560. The zero-order chi connectivity index (χ0) is 24.9. The van der Waals surface area contributed by atoms with E-state index in [1.54, 1.807) is 30.5 Å². The molecular formula is C29H26N2O. The van der Waals surface area contributed by atoms with Crippen LogP contribution >= 0.6 is 0 Å². The molecule has 0 radical (unpaired) electrons. The van der Waals surface area contributed by atoms with Crippen LogP contribution in [0.2, 0.25) is 0 Å². The maximum atomic E-state index is 8.76. The first-order valence-electron chi connectivity index (χ1n) is 13.2. The maximum Gasteiger partial charge on any atom is 0.227 e. The molecule has 1 aliphatic carbocycles. The summed E-state index contributed by atoms with van der Waals surface area (Å²) in [5.74, 6) is 0.0467. The number of nitrogens with zero attached hydrogens (tertiary/aromatic N) is 2. The van der Waals surface area contributed by atoms with Gasteiger partial charge >= 0.3 is 0 Å². The van der Waals surface area contributed by atoms with Crippen LogP contribution in [0, 0.1) is 5.92 Å². The molecule has 0 atom stereocenters. The predicted molar refractivity (Wildman–Crippen MR) is 130 cm³/mol. The van der Waals surface area contributed by atoms with E-state index in [0.29, 0.717) is 28.1 Å². The van der Waals surface area contributed by atoms with Crippen LogP contribution in [0.5, 0.6) is 0 Å². The number of aromatic nitrogens is 2. The second kappa shape index (κ2) is 8.23. The van der Waals surface area contributed by atoms with Crippen LogP contribution in [0.3, 0.4) is 0 Å². The fraction of sp³-hybridized carbons (Fsp3) is 0.241. The summed E-state index contributed by atoms with van der Waals surface area (Å²) in [5, 5.41) is 1.67. The highest BCUT2D eigenvalue weighted by Crippen LogP contribution is 2.33. The minimum atomic E-state index is -1.75. The number of pyridine rings is 2. The highest BCUT2D eigenvalue weighted by atomic mass is 16.3. The van der Waals surface area contributed by atoms with Crippen LogP contribution in [0.15, 0.2) is 83.4 Å². The minimum absolute atomic E-state index is 0.0467. The van der Waals surface area contributed by atoms with E-state index >= 15 is 0 Å². The molecule has 0 amide bonds. The van der Waals surface area contributed by atoms with E-state index in [0.717, 1.165) is 47.7 Å². The summed E-state index contributed by atoms with van der Waals surface area (Å²) in [6, 6.07) is 22.0. The lowest BCUT2D eigenvalue weighted by Gasteiger charge is -2.10. The first-order valence-corrected chi connectivity index (χ1v) is 11.2. The zero-order valence-corrected chi connectivity index (χ0v) is 17.7. The molecule has 0 N–H and O–H groups in total. The molecule has 0 aliphatic heterocycles. The van der Waals surface area contributed by atoms with Crippen molar-refractivity contribution in [2.24, 2.45) is 5.92 Å². The number of hydrogen-bond acceptors (Lipinski definition) is 3. The molecule has 158 valence electrons. The first kappa shape index (κ1) is 15.4. The second-order valence-corrected chi connectivity index (χ2v) is 8.41. The molecule has 1 aliphatic rings. The topological polar surface area (TPSA) is 38.9 Å². The number of rotatable bonds is 5. The average Bonchev–Trinajstić information content (AvgIpc) is 3.57. The quantitative estimate of drug-likeness (QED) is 0.297. The summed E-state index contributed by atoms with van der Waals surface area (Å²) in [6.45, 7) is 0. The normalized spacial score (nSPS) is 17.2. The molecule has 0 unspecified atom stereocenters. The van der Waals surface area contributed by atoms with E-state index in [1.807, 2.05) is 48.5 Å². The van der Waals surface area contributed by atoms with Crippen molar-refractivity contribution in [2.45, 2.75) is 38.4 Å². The highest BCUT2D eigenvalue weighted by Gasteiger charge is 2.16. The lowest BCUT2D eigenvalue weighted by Crippen LogP contribution is -1.99. The summed E-state index contributed by atoms with van der Waals surface area (Å²) >= 11 is 0. The molecule has 1 saturated carbocycles.